The largest absolute Gasteiger partial charge is 0.321 e. The van der Waals surface area contributed by atoms with Crippen LogP contribution >= 0.6 is 0 Å². The number of carbonyl (C=O) groups excluding carboxylic acids is 1. The minimum Gasteiger partial charge on any atom is -0.321 e. The van der Waals surface area contributed by atoms with Crippen molar-refractivity contribution >= 4 is 28.1 Å². The lowest BCUT2D eigenvalue weighted by Crippen LogP contribution is -2.18. The molecule has 0 saturated carbocycles. The molecule has 0 saturated heterocycles. The number of nitrogens with zero attached hydrogens (tertiary/aromatic N) is 3. The van der Waals surface area contributed by atoms with Crippen LogP contribution in [-0.2, 0) is 0 Å². The van der Waals surface area contributed by atoms with E-state index >= 15 is 0 Å². The number of anilines is 1. The van der Waals surface area contributed by atoms with Crippen molar-refractivity contribution in [3.05, 3.63) is 69.6 Å². The van der Waals surface area contributed by atoms with Gasteiger partial charge in [0.2, 0.25) is 0 Å². The lowest BCUT2D eigenvalue weighted by atomic mass is 10.2. The third kappa shape index (κ3) is 2.55. The summed E-state index contributed by atoms with van der Waals surface area (Å²) < 4.78 is 1.40. The van der Waals surface area contributed by atoms with E-state index in [1.165, 1.54) is 4.52 Å². The number of nitrogens with one attached hydrogen (secondary N) is 2. The molecular weight excluding hydrogens is 318 g/mol. The van der Waals surface area contributed by atoms with Gasteiger partial charge in [-0.1, -0.05) is 23.4 Å². The predicted octanol–water partition coefficient (Wildman–Crippen LogP) is 2.44. The van der Waals surface area contributed by atoms with Crippen LogP contribution in [0.4, 0.5) is 5.69 Å². The number of benzene rings is 2. The van der Waals surface area contributed by atoms with Gasteiger partial charge in [0.05, 0.1) is 11.0 Å². The van der Waals surface area contributed by atoms with E-state index in [9.17, 15) is 9.59 Å². The Balaban J connectivity index is 1.84. The number of aryl methyl sites for hydroxylation is 2. The summed E-state index contributed by atoms with van der Waals surface area (Å²) in [4.78, 5) is 27.8. The zero-order valence-corrected chi connectivity index (χ0v) is 13.7. The summed E-state index contributed by atoms with van der Waals surface area (Å²) in [5.41, 5.74) is 3.71. The van der Waals surface area contributed by atoms with Crippen molar-refractivity contribution in [2.24, 2.45) is 0 Å². The number of amides is 1. The molecule has 0 aliphatic rings. The molecule has 0 fully saturated rings. The van der Waals surface area contributed by atoms with E-state index in [1.54, 1.807) is 6.07 Å². The van der Waals surface area contributed by atoms with Crippen LogP contribution < -0.4 is 10.9 Å². The normalized spacial score (nSPS) is 11.1. The van der Waals surface area contributed by atoms with Gasteiger partial charge >= 0.3 is 0 Å². The molecule has 2 N–H and O–H groups in total. The van der Waals surface area contributed by atoms with Gasteiger partial charge in [0.1, 0.15) is 0 Å². The molecule has 0 radical (unpaired) electrons. The molecule has 2 aromatic heterocycles. The molecule has 0 spiro atoms. The smallest absolute Gasteiger partial charge is 0.278 e. The van der Waals surface area contributed by atoms with Crippen molar-refractivity contribution < 1.29 is 4.79 Å². The highest BCUT2D eigenvalue weighted by molar-refractivity contribution is 6.07. The van der Waals surface area contributed by atoms with Gasteiger partial charge in [0, 0.05) is 5.69 Å². The summed E-state index contributed by atoms with van der Waals surface area (Å²) in [6, 6.07) is 13.0. The molecular formula is C18H15N5O2. The van der Waals surface area contributed by atoms with E-state index < -0.39 is 11.5 Å². The maximum absolute atomic E-state index is 12.6. The molecule has 0 bridgehead atoms. The van der Waals surface area contributed by atoms with Crippen molar-refractivity contribution in [3.63, 3.8) is 0 Å². The van der Waals surface area contributed by atoms with Crippen LogP contribution in [0.2, 0.25) is 0 Å². The van der Waals surface area contributed by atoms with Gasteiger partial charge in [0.25, 0.3) is 11.5 Å². The molecule has 0 aliphatic carbocycles. The summed E-state index contributed by atoms with van der Waals surface area (Å²) >= 11 is 0. The summed E-state index contributed by atoms with van der Waals surface area (Å²) in [6.07, 6.45) is 0. The lowest BCUT2D eigenvalue weighted by molar-refractivity contribution is 0.102. The third-order valence-electron chi connectivity index (χ3n) is 4.00. The Kier molecular flexibility index (Phi) is 3.35. The highest BCUT2D eigenvalue weighted by Crippen LogP contribution is 2.16. The van der Waals surface area contributed by atoms with Crippen molar-refractivity contribution in [2.75, 3.05) is 5.32 Å². The summed E-state index contributed by atoms with van der Waals surface area (Å²) in [6.45, 7) is 3.87. The Morgan fingerprint density at radius 2 is 1.92 bits per heavy atom. The van der Waals surface area contributed by atoms with Crippen LogP contribution in [0.15, 0.2) is 47.3 Å². The van der Waals surface area contributed by atoms with E-state index in [0.717, 1.165) is 11.1 Å². The van der Waals surface area contributed by atoms with Gasteiger partial charge in [-0.3, -0.25) is 9.59 Å². The second-order valence-electron chi connectivity index (χ2n) is 6.00. The fraction of sp³-hybridized carbons (Fsp3) is 0.111. The Bertz CT molecular complexity index is 1190. The van der Waals surface area contributed by atoms with Crippen LogP contribution in [-0.4, -0.2) is 25.7 Å². The summed E-state index contributed by atoms with van der Waals surface area (Å²) in [5, 5.41) is 10.7. The van der Waals surface area contributed by atoms with E-state index in [2.05, 4.69) is 20.6 Å². The fourth-order valence-electron chi connectivity index (χ4n) is 2.84. The van der Waals surface area contributed by atoms with E-state index in [4.69, 9.17) is 0 Å². The summed E-state index contributed by atoms with van der Waals surface area (Å²) in [5.74, 6) is -0.474. The molecule has 7 heteroatoms. The topological polar surface area (TPSA) is 92.2 Å². The molecule has 7 nitrogen and oxygen atoms in total. The third-order valence-corrected chi connectivity index (χ3v) is 4.00. The zero-order valence-electron chi connectivity index (χ0n) is 13.7. The number of aromatic nitrogens is 4. The van der Waals surface area contributed by atoms with Crippen molar-refractivity contribution in [3.8, 4) is 0 Å². The quantitative estimate of drug-likeness (QED) is 0.589. The maximum Gasteiger partial charge on any atom is 0.278 e. The average Bonchev–Trinajstić information content (AvgIpc) is 3.00. The monoisotopic (exact) mass is 333 g/mol. The fourth-order valence-corrected chi connectivity index (χ4v) is 2.84. The minimum absolute atomic E-state index is 0.00905. The Morgan fingerprint density at radius 1 is 1.12 bits per heavy atom. The SMILES string of the molecule is Cc1cccc(NC(=O)c2nnn3c2c(=O)[nH]c2cc(C)ccc23)c1. The van der Waals surface area contributed by atoms with Crippen molar-refractivity contribution in [2.45, 2.75) is 13.8 Å². The first-order valence-corrected chi connectivity index (χ1v) is 7.79. The van der Waals surface area contributed by atoms with E-state index in [0.29, 0.717) is 16.7 Å². The van der Waals surface area contributed by atoms with Gasteiger partial charge in [-0.15, -0.1) is 5.10 Å². The molecule has 25 heavy (non-hydrogen) atoms. The first kappa shape index (κ1) is 15.1. The number of hydrogen-bond acceptors (Lipinski definition) is 4. The lowest BCUT2D eigenvalue weighted by Gasteiger charge is -2.05. The van der Waals surface area contributed by atoms with Crippen LogP contribution in [0.1, 0.15) is 21.6 Å². The number of fused-ring (bicyclic) bond motifs is 3. The number of H-pyrrole nitrogens is 1. The molecule has 0 unspecified atom stereocenters. The van der Waals surface area contributed by atoms with Gasteiger partial charge in [-0.05, 0) is 49.2 Å². The number of hydrogen-bond donors (Lipinski definition) is 2. The highest BCUT2D eigenvalue weighted by Gasteiger charge is 2.19. The Labute approximate surface area is 142 Å². The second kappa shape index (κ2) is 5.55. The van der Waals surface area contributed by atoms with Gasteiger partial charge in [0.15, 0.2) is 11.2 Å². The molecule has 0 atom stereocenters. The zero-order chi connectivity index (χ0) is 17.6. The number of carbonyl (C=O) groups is 1. The van der Waals surface area contributed by atoms with Crippen LogP contribution in [0, 0.1) is 13.8 Å². The Hall–Kier alpha value is -3.48. The first-order chi connectivity index (χ1) is 12.0. The number of aromatic amines is 1. The number of rotatable bonds is 2. The predicted molar refractivity (Wildman–Crippen MR) is 95.0 cm³/mol. The molecule has 2 aromatic carbocycles. The first-order valence-electron chi connectivity index (χ1n) is 7.79. The molecule has 1 amide bonds. The van der Waals surface area contributed by atoms with E-state index in [-0.39, 0.29) is 11.2 Å². The maximum atomic E-state index is 12.6. The van der Waals surface area contributed by atoms with Gasteiger partial charge in [-0.2, -0.15) is 0 Å². The average molecular weight is 333 g/mol. The van der Waals surface area contributed by atoms with E-state index in [1.807, 2.05) is 50.2 Å². The van der Waals surface area contributed by atoms with Gasteiger partial charge < -0.3 is 10.3 Å². The molecule has 2 heterocycles. The Morgan fingerprint density at radius 3 is 2.72 bits per heavy atom. The standard InChI is InChI=1S/C18H15N5O2/c1-10-4-3-5-12(8-10)19-17(24)15-16-18(25)20-13-9-11(2)6-7-14(13)23(16)22-21-15/h3-9H,1-2H3,(H,19,24)(H,20,25). The molecule has 124 valence electrons. The second-order valence-corrected chi connectivity index (χ2v) is 6.00. The van der Waals surface area contributed by atoms with Crippen LogP contribution in [0.25, 0.3) is 16.6 Å². The minimum atomic E-state index is -0.474. The van der Waals surface area contributed by atoms with Crippen LogP contribution in [0.3, 0.4) is 0 Å². The molecule has 4 rings (SSSR count). The summed E-state index contributed by atoms with van der Waals surface area (Å²) in [7, 11) is 0. The molecule has 4 aromatic rings. The van der Waals surface area contributed by atoms with Crippen LogP contribution in [0.5, 0.6) is 0 Å². The van der Waals surface area contributed by atoms with Crippen molar-refractivity contribution in [1.82, 2.24) is 19.8 Å². The molecule has 0 aliphatic heterocycles. The highest BCUT2D eigenvalue weighted by atomic mass is 16.2. The van der Waals surface area contributed by atoms with Gasteiger partial charge in [-0.25, -0.2) is 4.52 Å². The van der Waals surface area contributed by atoms with Crippen molar-refractivity contribution in [1.29, 1.82) is 0 Å².